The number of nitrogens with two attached hydrogens (primary N) is 1. The van der Waals surface area contributed by atoms with E-state index in [2.05, 4.69) is 10.6 Å². The van der Waals surface area contributed by atoms with Crippen molar-refractivity contribution in [1.82, 2.24) is 0 Å². The summed E-state index contributed by atoms with van der Waals surface area (Å²) in [5, 5.41) is 4.82. The molecule has 0 saturated carbocycles. The number of nitrogens with one attached hydrogen (secondary N) is 2. The first-order valence-corrected chi connectivity index (χ1v) is 5.42. The molecule has 4 N–H and O–H groups in total. The molecule has 2 aromatic rings. The molecule has 6 heteroatoms. The topological polar surface area (TPSA) is 67.1 Å². The van der Waals surface area contributed by atoms with Crippen LogP contribution in [0.1, 0.15) is 0 Å². The fourth-order valence-electron chi connectivity index (χ4n) is 1.54. The second kappa shape index (κ2) is 5.34. The number of urea groups is 1. The smallest absolute Gasteiger partial charge is 0.323 e. The van der Waals surface area contributed by atoms with Gasteiger partial charge in [0.25, 0.3) is 0 Å². The molecule has 0 atom stereocenters. The Morgan fingerprint density at radius 1 is 0.947 bits per heavy atom. The van der Waals surface area contributed by atoms with Gasteiger partial charge in [0.2, 0.25) is 0 Å². The maximum Gasteiger partial charge on any atom is 0.323 e. The van der Waals surface area contributed by atoms with E-state index < -0.39 is 17.7 Å². The van der Waals surface area contributed by atoms with Crippen LogP contribution in [-0.4, -0.2) is 6.03 Å². The summed E-state index contributed by atoms with van der Waals surface area (Å²) >= 11 is 0. The number of carbonyl (C=O) groups excluding carboxylic acids is 1. The fraction of sp³-hybridized carbons (Fsp3) is 0. The van der Waals surface area contributed by atoms with Gasteiger partial charge in [-0.1, -0.05) is 6.07 Å². The predicted molar refractivity (Wildman–Crippen MR) is 69.9 cm³/mol. The lowest BCUT2D eigenvalue weighted by molar-refractivity contribution is 0.262. The fourth-order valence-corrected chi connectivity index (χ4v) is 1.54. The van der Waals surface area contributed by atoms with Gasteiger partial charge >= 0.3 is 6.03 Å². The second-order valence-electron chi connectivity index (χ2n) is 3.86. The lowest BCUT2D eigenvalue weighted by atomic mass is 10.2. The normalized spacial score (nSPS) is 10.0. The van der Waals surface area contributed by atoms with Crippen LogP contribution < -0.4 is 16.4 Å². The third kappa shape index (κ3) is 3.67. The Bertz CT molecular complexity index is 596. The number of halogens is 2. The van der Waals surface area contributed by atoms with Gasteiger partial charge < -0.3 is 16.4 Å². The minimum Gasteiger partial charge on any atom is -0.399 e. The average Bonchev–Trinajstić information content (AvgIpc) is 2.26. The van der Waals surface area contributed by atoms with E-state index in [0.29, 0.717) is 5.69 Å². The van der Waals surface area contributed by atoms with Crippen molar-refractivity contribution in [2.45, 2.75) is 0 Å². The SMILES string of the molecule is Nc1cc(F)cc(NC(=O)Nc2cccc(F)c2)c1. The van der Waals surface area contributed by atoms with Gasteiger partial charge in [-0.2, -0.15) is 0 Å². The minimum atomic E-state index is -0.615. The van der Waals surface area contributed by atoms with E-state index in [-0.39, 0.29) is 11.4 Å². The quantitative estimate of drug-likeness (QED) is 0.728. The summed E-state index contributed by atoms with van der Waals surface area (Å²) in [7, 11) is 0. The Morgan fingerprint density at radius 3 is 2.32 bits per heavy atom. The van der Waals surface area contributed by atoms with Crippen molar-refractivity contribution in [3.8, 4) is 0 Å². The second-order valence-corrected chi connectivity index (χ2v) is 3.86. The van der Waals surface area contributed by atoms with Gasteiger partial charge in [-0.25, -0.2) is 13.6 Å². The summed E-state index contributed by atoms with van der Waals surface area (Å²) in [5.74, 6) is -1.02. The lowest BCUT2D eigenvalue weighted by Crippen LogP contribution is -2.19. The highest BCUT2D eigenvalue weighted by molar-refractivity contribution is 5.99. The van der Waals surface area contributed by atoms with Crippen LogP contribution in [0.25, 0.3) is 0 Å². The van der Waals surface area contributed by atoms with Crippen LogP contribution in [-0.2, 0) is 0 Å². The van der Waals surface area contributed by atoms with Gasteiger partial charge in [0.05, 0.1) is 0 Å². The maximum absolute atomic E-state index is 13.1. The maximum atomic E-state index is 13.1. The van der Waals surface area contributed by atoms with Gasteiger partial charge in [-0.3, -0.25) is 0 Å². The van der Waals surface area contributed by atoms with E-state index in [1.807, 2.05) is 0 Å². The van der Waals surface area contributed by atoms with Crippen molar-refractivity contribution in [3.63, 3.8) is 0 Å². The Hall–Kier alpha value is -2.63. The molecule has 2 aromatic carbocycles. The molecule has 0 aliphatic heterocycles. The van der Waals surface area contributed by atoms with Gasteiger partial charge in [-0.05, 0) is 36.4 Å². The summed E-state index contributed by atoms with van der Waals surface area (Å²) < 4.78 is 26.0. The highest BCUT2D eigenvalue weighted by Crippen LogP contribution is 2.16. The molecule has 0 heterocycles. The van der Waals surface area contributed by atoms with Crippen molar-refractivity contribution < 1.29 is 13.6 Å². The van der Waals surface area contributed by atoms with E-state index in [0.717, 1.165) is 12.1 Å². The number of carbonyl (C=O) groups is 1. The number of nitrogen functional groups attached to an aromatic ring is 1. The summed E-state index contributed by atoms with van der Waals surface area (Å²) in [5.41, 5.74) is 6.15. The molecule has 0 radical (unpaired) electrons. The van der Waals surface area contributed by atoms with E-state index in [9.17, 15) is 13.6 Å². The zero-order chi connectivity index (χ0) is 13.8. The Kier molecular flexibility index (Phi) is 3.61. The number of hydrogen-bond acceptors (Lipinski definition) is 2. The highest BCUT2D eigenvalue weighted by Gasteiger charge is 2.05. The number of anilines is 3. The van der Waals surface area contributed by atoms with E-state index in [4.69, 9.17) is 5.73 Å². The molecule has 4 nitrogen and oxygen atoms in total. The van der Waals surface area contributed by atoms with Crippen LogP contribution in [0.2, 0.25) is 0 Å². The molecule has 0 aliphatic rings. The summed E-state index contributed by atoms with van der Waals surface area (Å²) in [6, 6.07) is 8.48. The van der Waals surface area contributed by atoms with E-state index in [1.54, 1.807) is 0 Å². The molecule has 0 bridgehead atoms. The third-order valence-electron chi connectivity index (χ3n) is 2.26. The Balaban J connectivity index is 2.05. The minimum absolute atomic E-state index is 0.195. The molecule has 0 spiro atoms. The monoisotopic (exact) mass is 263 g/mol. The highest BCUT2D eigenvalue weighted by atomic mass is 19.1. The summed E-state index contributed by atoms with van der Waals surface area (Å²) in [6.07, 6.45) is 0. The van der Waals surface area contributed by atoms with Crippen LogP contribution in [0.5, 0.6) is 0 Å². The molecule has 2 amide bonds. The summed E-state index contributed by atoms with van der Waals surface area (Å²) in [4.78, 5) is 11.6. The van der Waals surface area contributed by atoms with Crippen LogP contribution in [0.4, 0.5) is 30.6 Å². The standard InChI is InChI=1S/C13H11F2N3O/c14-8-2-1-3-11(5-8)17-13(19)18-12-6-9(15)4-10(16)7-12/h1-7H,16H2,(H2,17,18,19). The average molecular weight is 263 g/mol. The van der Waals surface area contributed by atoms with Crippen molar-refractivity contribution in [2.75, 3.05) is 16.4 Å². The van der Waals surface area contributed by atoms with Crippen LogP contribution in [0.15, 0.2) is 42.5 Å². The van der Waals surface area contributed by atoms with Gasteiger partial charge in [-0.15, -0.1) is 0 Å². The zero-order valence-corrected chi connectivity index (χ0v) is 9.78. The molecule has 2 rings (SSSR count). The molecule has 19 heavy (non-hydrogen) atoms. The molecule has 0 fully saturated rings. The first-order chi connectivity index (χ1) is 9.02. The van der Waals surface area contributed by atoms with Crippen LogP contribution in [0.3, 0.4) is 0 Å². The first kappa shape index (κ1) is 12.8. The molecule has 0 saturated heterocycles. The van der Waals surface area contributed by atoms with Crippen molar-refractivity contribution in [3.05, 3.63) is 54.1 Å². The van der Waals surface area contributed by atoms with Gasteiger partial charge in [0.1, 0.15) is 11.6 Å². The number of hydrogen-bond donors (Lipinski definition) is 3. The summed E-state index contributed by atoms with van der Waals surface area (Å²) in [6.45, 7) is 0. The molecule has 0 aliphatic carbocycles. The van der Waals surface area contributed by atoms with Crippen molar-refractivity contribution in [1.29, 1.82) is 0 Å². The molecule has 0 aromatic heterocycles. The lowest BCUT2D eigenvalue weighted by Gasteiger charge is -2.08. The number of amides is 2. The Morgan fingerprint density at radius 2 is 1.63 bits per heavy atom. The van der Waals surface area contributed by atoms with Gasteiger partial charge in [0, 0.05) is 17.1 Å². The van der Waals surface area contributed by atoms with Crippen molar-refractivity contribution >= 4 is 23.1 Å². The van der Waals surface area contributed by atoms with E-state index in [1.165, 1.54) is 30.3 Å². The third-order valence-corrected chi connectivity index (χ3v) is 2.26. The van der Waals surface area contributed by atoms with E-state index >= 15 is 0 Å². The first-order valence-electron chi connectivity index (χ1n) is 5.42. The van der Waals surface area contributed by atoms with Gasteiger partial charge in [0.15, 0.2) is 0 Å². The van der Waals surface area contributed by atoms with Crippen LogP contribution >= 0.6 is 0 Å². The zero-order valence-electron chi connectivity index (χ0n) is 9.78. The molecule has 0 unspecified atom stereocenters. The number of benzene rings is 2. The molecular formula is C13H11F2N3O. The van der Waals surface area contributed by atoms with Crippen molar-refractivity contribution in [2.24, 2.45) is 0 Å². The Labute approximate surface area is 108 Å². The number of rotatable bonds is 2. The van der Waals surface area contributed by atoms with Crippen LogP contribution in [0, 0.1) is 11.6 Å². The largest absolute Gasteiger partial charge is 0.399 e. The molecule has 98 valence electrons. The molecular weight excluding hydrogens is 252 g/mol. The predicted octanol–water partition coefficient (Wildman–Crippen LogP) is 3.19.